The Hall–Kier alpha value is -0.900. The molecular weight excluding hydrogens is 248 g/mol. The van der Waals surface area contributed by atoms with E-state index in [4.69, 9.17) is 4.74 Å². The first kappa shape index (κ1) is 14.1. The quantitative estimate of drug-likeness (QED) is 0.909. The molecule has 0 radical (unpaired) electrons. The summed E-state index contributed by atoms with van der Waals surface area (Å²) in [6.45, 7) is 6.34. The van der Waals surface area contributed by atoms with Crippen LogP contribution < -0.4 is 5.32 Å². The molecule has 110 valence electrons. The van der Waals surface area contributed by atoms with Gasteiger partial charge in [-0.05, 0) is 37.4 Å². The molecule has 0 aliphatic carbocycles. The van der Waals surface area contributed by atoms with Gasteiger partial charge in [0.05, 0.1) is 6.61 Å². The molecule has 0 amide bonds. The maximum absolute atomic E-state index is 5.78. The van der Waals surface area contributed by atoms with Gasteiger partial charge in [-0.3, -0.25) is 4.90 Å². The second-order valence-corrected chi connectivity index (χ2v) is 6.42. The number of rotatable bonds is 4. The van der Waals surface area contributed by atoms with Crippen molar-refractivity contribution >= 4 is 0 Å². The van der Waals surface area contributed by atoms with Gasteiger partial charge in [0.2, 0.25) is 0 Å². The van der Waals surface area contributed by atoms with Crippen LogP contribution >= 0.6 is 0 Å². The summed E-state index contributed by atoms with van der Waals surface area (Å²) in [5, 5.41) is 3.38. The van der Waals surface area contributed by atoms with E-state index in [2.05, 4.69) is 41.5 Å². The third-order valence-corrected chi connectivity index (χ3v) is 4.72. The van der Waals surface area contributed by atoms with Crippen LogP contribution in [0.2, 0.25) is 0 Å². The highest BCUT2D eigenvalue weighted by atomic mass is 16.5. The van der Waals surface area contributed by atoms with Gasteiger partial charge in [-0.25, -0.2) is 0 Å². The smallest absolute Gasteiger partial charge is 0.0546 e. The van der Waals surface area contributed by atoms with Crippen LogP contribution in [0.1, 0.15) is 24.0 Å². The monoisotopic (exact) mass is 274 g/mol. The van der Waals surface area contributed by atoms with Gasteiger partial charge in [-0.2, -0.15) is 0 Å². The van der Waals surface area contributed by atoms with Crippen LogP contribution in [0.25, 0.3) is 0 Å². The summed E-state index contributed by atoms with van der Waals surface area (Å²) >= 11 is 0. The molecule has 3 rings (SSSR count). The van der Waals surface area contributed by atoms with Crippen molar-refractivity contribution in [3.63, 3.8) is 0 Å². The Labute approximate surface area is 122 Å². The minimum atomic E-state index is 0.305. The van der Waals surface area contributed by atoms with Crippen molar-refractivity contribution < 1.29 is 4.74 Å². The summed E-state index contributed by atoms with van der Waals surface area (Å²) in [6.07, 6.45) is 3.67. The van der Waals surface area contributed by atoms with Crippen molar-refractivity contribution in [2.75, 3.05) is 39.9 Å². The number of nitrogens with one attached hydrogen (secondary N) is 1. The Bertz CT molecular complexity index is 435. The van der Waals surface area contributed by atoms with Gasteiger partial charge in [0.1, 0.15) is 0 Å². The number of hydrogen-bond acceptors (Lipinski definition) is 3. The standard InChI is InChI=1S/C17H26N2O/c1-18-12-17(8-4-10-20-14-17)13-19-9-7-15-5-2-3-6-16(15)11-19/h2-3,5-6,18H,4,7-14H2,1H3. The highest BCUT2D eigenvalue weighted by molar-refractivity contribution is 5.29. The molecule has 0 aromatic heterocycles. The molecular formula is C17H26N2O. The molecule has 1 aromatic rings. The fraction of sp³-hybridized carbons (Fsp3) is 0.647. The highest BCUT2D eigenvalue weighted by Crippen LogP contribution is 2.31. The first-order valence-electron chi connectivity index (χ1n) is 7.83. The van der Waals surface area contributed by atoms with E-state index in [0.717, 1.165) is 32.8 Å². The lowest BCUT2D eigenvalue weighted by Crippen LogP contribution is -2.49. The third-order valence-electron chi connectivity index (χ3n) is 4.72. The van der Waals surface area contributed by atoms with Crippen molar-refractivity contribution in [1.82, 2.24) is 10.2 Å². The first-order valence-corrected chi connectivity index (χ1v) is 7.83. The summed E-state index contributed by atoms with van der Waals surface area (Å²) in [5.41, 5.74) is 3.35. The maximum Gasteiger partial charge on any atom is 0.0546 e. The highest BCUT2D eigenvalue weighted by Gasteiger charge is 2.34. The van der Waals surface area contributed by atoms with Crippen LogP contribution in [0.5, 0.6) is 0 Å². The molecule has 0 spiro atoms. The zero-order valence-electron chi connectivity index (χ0n) is 12.5. The zero-order chi connectivity index (χ0) is 13.8. The molecule has 20 heavy (non-hydrogen) atoms. The van der Waals surface area contributed by atoms with Crippen LogP contribution in [0, 0.1) is 5.41 Å². The average molecular weight is 274 g/mol. The molecule has 0 bridgehead atoms. The van der Waals surface area contributed by atoms with Crippen molar-refractivity contribution in [2.45, 2.75) is 25.8 Å². The topological polar surface area (TPSA) is 24.5 Å². The van der Waals surface area contributed by atoms with Crippen LogP contribution in [-0.2, 0) is 17.7 Å². The number of hydrogen-bond donors (Lipinski definition) is 1. The predicted molar refractivity (Wildman–Crippen MR) is 81.8 cm³/mol. The molecule has 1 aromatic carbocycles. The lowest BCUT2D eigenvalue weighted by Gasteiger charge is -2.42. The predicted octanol–water partition coefficient (Wildman–Crippen LogP) is 2.06. The second-order valence-electron chi connectivity index (χ2n) is 6.42. The van der Waals surface area contributed by atoms with Gasteiger partial charge < -0.3 is 10.1 Å². The maximum atomic E-state index is 5.78. The van der Waals surface area contributed by atoms with E-state index in [1.54, 1.807) is 0 Å². The van der Waals surface area contributed by atoms with Crippen LogP contribution in [0.3, 0.4) is 0 Å². The SMILES string of the molecule is CNCC1(CN2CCc3ccccc3C2)CCCOC1. The van der Waals surface area contributed by atoms with E-state index in [-0.39, 0.29) is 0 Å². The molecule has 1 atom stereocenters. The summed E-state index contributed by atoms with van der Waals surface area (Å²) in [4.78, 5) is 2.62. The minimum Gasteiger partial charge on any atom is -0.381 e. The summed E-state index contributed by atoms with van der Waals surface area (Å²) in [6, 6.07) is 8.88. The first-order chi connectivity index (χ1) is 9.81. The van der Waals surface area contributed by atoms with E-state index in [1.807, 2.05) is 0 Å². The van der Waals surface area contributed by atoms with Gasteiger partial charge in [0.25, 0.3) is 0 Å². The largest absolute Gasteiger partial charge is 0.381 e. The van der Waals surface area contributed by atoms with Gasteiger partial charge >= 0.3 is 0 Å². The summed E-state index contributed by atoms with van der Waals surface area (Å²) in [7, 11) is 2.06. The Morgan fingerprint density at radius 3 is 2.90 bits per heavy atom. The molecule has 1 saturated heterocycles. The van der Waals surface area contributed by atoms with E-state index < -0.39 is 0 Å². The lowest BCUT2D eigenvalue weighted by atomic mass is 9.81. The zero-order valence-corrected chi connectivity index (χ0v) is 12.5. The molecule has 2 aliphatic rings. The molecule has 0 saturated carbocycles. The number of benzene rings is 1. The Morgan fingerprint density at radius 2 is 2.15 bits per heavy atom. The Morgan fingerprint density at radius 1 is 1.30 bits per heavy atom. The number of fused-ring (bicyclic) bond motifs is 1. The second kappa shape index (κ2) is 6.25. The van der Waals surface area contributed by atoms with Crippen molar-refractivity contribution in [1.29, 1.82) is 0 Å². The van der Waals surface area contributed by atoms with E-state index in [9.17, 15) is 0 Å². The normalized spacial score (nSPS) is 27.2. The minimum absolute atomic E-state index is 0.305. The molecule has 3 heteroatoms. The van der Waals surface area contributed by atoms with Gasteiger partial charge in [0, 0.05) is 38.2 Å². The van der Waals surface area contributed by atoms with Gasteiger partial charge in [-0.15, -0.1) is 0 Å². The molecule has 2 aliphatic heterocycles. The molecule has 1 unspecified atom stereocenters. The van der Waals surface area contributed by atoms with Gasteiger partial charge in [0.15, 0.2) is 0 Å². The third kappa shape index (κ3) is 3.05. The van der Waals surface area contributed by atoms with Crippen LogP contribution in [0.4, 0.5) is 0 Å². The van der Waals surface area contributed by atoms with E-state index >= 15 is 0 Å². The fourth-order valence-corrected chi connectivity index (χ4v) is 3.77. The average Bonchev–Trinajstić information content (AvgIpc) is 2.48. The number of nitrogens with zero attached hydrogens (tertiary/aromatic N) is 1. The van der Waals surface area contributed by atoms with E-state index in [0.29, 0.717) is 5.41 Å². The van der Waals surface area contributed by atoms with Crippen LogP contribution in [-0.4, -0.2) is 44.8 Å². The fourth-order valence-electron chi connectivity index (χ4n) is 3.77. The van der Waals surface area contributed by atoms with Crippen LogP contribution in [0.15, 0.2) is 24.3 Å². The Kier molecular flexibility index (Phi) is 4.39. The molecule has 1 N–H and O–H groups in total. The molecule has 2 heterocycles. The summed E-state index contributed by atoms with van der Waals surface area (Å²) in [5.74, 6) is 0. The lowest BCUT2D eigenvalue weighted by molar-refractivity contribution is -0.0274. The Balaban J connectivity index is 1.68. The molecule has 3 nitrogen and oxygen atoms in total. The van der Waals surface area contributed by atoms with Gasteiger partial charge in [-0.1, -0.05) is 24.3 Å². The number of ether oxygens (including phenoxy) is 1. The summed E-state index contributed by atoms with van der Waals surface area (Å²) < 4.78 is 5.78. The molecule has 1 fully saturated rings. The van der Waals surface area contributed by atoms with Crippen molar-refractivity contribution in [2.24, 2.45) is 5.41 Å². The van der Waals surface area contributed by atoms with E-state index in [1.165, 1.54) is 36.9 Å². The van der Waals surface area contributed by atoms with Crippen molar-refractivity contribution in [3.05, 3.63) is 35.4 Å². The van der Waals surface area contributed by atoms with Crippen molar-refractivity contribution in [3.8, 4) is 0 Å².